The van der Waals surface area contributed by atoms with E-state index in [1.807, 2.05) is 13.8 Å². The number of fused-ring (bicyclic) bond motifs is 5. The summed E-state index contributed by atoms with van der Waals surface area (Å²) in [6, 6.07) is 0. The number of allylic oxidation sites excluding steroid dienone is 1. The van der Waals surface area contributed by atoms with Crippen molar-refractivity contribution in [2.75, 3.05) is 0 Å². The van der Waals surface area contributed by atoms with E-state index < -0.39 is 46.0 Å². The van der Waals surface area contributed by atoms with Gasteiger partial charge in [0.2, 0.25) is 0 Å². The van der Waals surface area contributed by atoms with Crippen LogP contribution in [0.2, 0.25) is 0 Å². The third-order valence-electron chi connectivity index (χ3n) is 9.18. The SMILES string of the molecule is CC(=O)O[C@]1(C(C)=O)CC[C@]2(C)[C@@H]3CCC4=CC(=O)CC[C@@H]4[C@]3(F)[C@@H](O)C[C@@]12C. The third-order valence-corrected chi connectivity index (χ3v) is 9.18. The highest BCUT2D eigenvalue weighted by molar-refractivity contribution is 5.91. The number of hydrogen-bond donors (Lipinski definition) is 1. The van der Waals surface area contributed by atoms with E-state index in [1.165, 1.54) is 13.8 Å². The standard InChI is InChI=1S/C23H31FO5/c1-13(25)22(29-14(2)26)10-9-20(3)18-8-5-15-11-16(27)6-7-17(15)23(18,24)19(28)12-21(20,22)4/h11,17-19,28H,5-10,12H2,1-4H3/t17-,18-,19-,20+,21+,22-,23+/m0/s1. The van der Waals surface area contributed by atoms with Crippen LogP contribution in [0.4, 0.5) is 4.39 Å². The average molecular weight is 406 g/mol. The number of aliphatic hydroxyl groups excluding tert-OH is 1. The molecule has 0 heterocycles. The summed E-state index contributed by atoms with van der Waals surface area (Å²) in [7, 11) is 0. The lowest BCUT2D eigenvalue weighted by Gasteiger charge is -2.64. The largest absolute Gasteiger partial charge is 0.451 e. The van der Waals surface area contributed by atoms with Gasteiger partial charge in [0.05, 0.1) is 6.10 Å². The first-order valence-electron chi connectivity index (χ1n) is 10.7. The van der Waals surface area contributed by atoms with Crippen LogP contribution in [0.3, 0.4) is 0 Å². The summed E-state index contributed by atoms with van der Waals surface area (Å²) in [4.78, 5) is 36.6. The Morgan fingerprint density at radius 1 is 1.17 bits per heavy atom. The average Bonchev–Trinajstić information content (AvgIpc) is 2.84. The Morgan fingerprint density at radius 2 is 1.86 bits per heavy atom. The lowest BCUT2D eigenvalue weighted by molar-refractivity contribution is -0.242. The molecule has 3 fully saturated rings. The second-order valence-electron chi connectivity index (χ2n) is 10.1. The third kappa shape index (κ3) is 2.38. The molecule has 0 amide bonds. The molecule has 6 heteroatoms. The van der Waals surface area contributed by atoms with E-state index in [-0.39, 0.29) is 18.0 Å². The van der Waals surface area contributed by atoms with Crippen LogP contribution in [0, 0.1) is 22.7 Å². The number of ketones is 2. The summed E-state index contributed by atoms with van der Waals surface area (Å²) in [5.41, 5.74) is -3.81. The zero-order valence-electron chi connectivity index (χ0n) is 17.7. The molecule has 0 unspecified atom stereocenters. The monoisotopic (exact) mass is 406 g/mol. The minimum absolute atomic E-state index is 0.0333. The number of aliphatic hydroxyl groups is 1. The van der Waals surface area contributed by atoms with Gasteiger partial charge >= 0.3 is 5.97 Å². The summed E-state index contributed by atoms with van der Waals surface area (Å²) in [6.45, 7) is 6.62. The predicted molar refractivity (Wildman–Crippen MR) is 104 cm³/mol. The second-order valence-corrected chi connectivity index (χ2v) is 10.1. The summed E-state index contributed by atoms with van der Waals surface area (Å²) in [6.07, 6.45) is 3.14. The highest BCUT2D eigenvalue weighted by Crippen LogP contribution is 2.73. The van der Waals surface area contributed by atoms with Crippen LogP contribution in [0.1, 0.15) is 72.6 Å². The fourth-order valence-electron chi connectivity index (χ4n) is 7.64. The van der Waals surface area contributed by atoms with Crippen molar-refractivity contribution in [3.63, 3.8) is 0 Å². The number of hydrogen-bond acceptors (Lipinski definition) is 5. The lowest BCUT2D eigenvalue weighted by atomic mass is 9.42. The van der Waals surface area contributed by atoms with E-state index in [2.05, 4.69) is 0 Å². The number of esters is 1. The topological polar surface area (TPSA) is 80.7 Å². The smallest absolute Gasteiger partial charge is 0.303 e. The van der Waals surface area contributed by atoms with E-state index in [9.17, 15) is 19.5 Å². The number of alkyl halides is 1. The Balaban J connectivity index is 1.83. The van der Waals surface area contributed by atoms with Crippen LogP contribution in [-0.4, -0.2) is 40.0 Å². The highest BCUT2D eigenvalue weighted by Gasteiger charge is 2.77. The molecule has 0 saturated heterocycles. The van der Waals surface area contributed by atoms with Gasteiger partial charge < -0.3 is 9.84 Å². The van der Waals surface area contributed by atoms with Gasteiger partial charge in [-0.05, 0) is 56.9 Å². The van der Waals surface area contributed by atoms with Gasteiger partial charge in [-0.25, -0.2) is 4.39 Å². The normalized spacial score (nSPS) is 48.8. The van der Waals surface area contributed by atoms with Gasteiger partial charge in [0.25, 0.3) is 0 Å². The number of carbonyl (C=O) groups excluding carboxylic acids is 3. The molecule has 0 bridgehead atoms. The van der Waals surface area contributed by atoms with Gasteiger partial charge in [0.15, 0.2) is 17.2 Å². The first-order chi connectivity index (χ1) is 13.4. The number of carbonyl (C=O) groups is 3. The molecule has 0 aromatic rings. The Kier molecular flexibility index (Phi) is 4.44. The molecule has 3 saturated carbocycles. The van der Waals surface area contributed by atoms with E-state index in [1.54, 1.807) is 6.08 Å². The fraction of sp³-hybridized carbons (Fsp3) is 0.783. The number of ether oxygens (including phenoxy) is 1. The molecule has 7 atom stereocenters. The molecular weight excluding hydrogens is 375 g/mol. The van der Waals surface area contributed by atoms with Gasteiger partial charge in [-0.1, -0.05) is 19.4 Å². The second kappa shape index (κ2) is 6.22. The zero-order valence-corrected chi connectivity index (χ0v) is 17.7. The molecule has 0 aromatic carbocycles. The van der Waals surface area contributed by atoms with Crippen molar-refractivity contribution in [2.45, 2.75) is 90.0 Å². The molecule has 0 spiro atoms. The molecule has 4 aliphatic rings. The van der Waals surface area contributed by atoms with Crippen LogP contribution in [-0.2, 0) is 19.1 Å². The van der Waals surface area contributed by atoms with Gasteiger partial charge in [0.1, 0.15) is 5.67 Å². The van der Waals surface area contributed by atoms with Gasteiger partial charge in [-0.2, -0.15) is 0 Å². The van der Waals surface area contributed by atoms with Gasteiger partial charge in [-0.15, -0.1) is 0 Å². The molecule has 4 rings (SSSR count). The van der Waals surface area contributed by atoms with E-state index in [0.717, 1.165) is 5.57 Å². The molecule has 0 aromatic heterocycles. The predicted octanol–water partition coefficient (Wildman–Crippen LogP) is 3.47. The maximum atomic E-state index is 16.8. The maximum absolute atomic E-state index is 16.8. The molecule has 4 aliphatic carbocycles. The van der Waals surface area contributed by atoms with E-state index in [4.69, 9.17) is 4.74 Å². The minimum Gasteiger partial charge on any atom is -0.451 e. The summed E-state index contributed by atoms with van der Waals surface area (Å²) >= 11 is 0. The van der Waals surface area contributed by atoms with Crippen LogP contribution in [0.25, 0.3) is 0 Å². The van der Waals surface area contributed by atoms with Crippen molar-refractivity contribution in [1.29, 1.82) is 0 Å². The summed E-state index contributed by atoms with van der Waals surface area (Å²) < 4.78 is 22.5. The van der Waals surface area contributed by atoms with Crippen LogP contribution in [0.5, 0.6) is 0 Å². The number of Topliss-reactive ketones (excluding diaryl/α,β-unsaturated/α-hetero) is 1. The fourth-order valence-corrected chi connectivity index (χ4v) is 7.64. The van der Waals surface area contributed by atoms with Crippen molar-refractivity contribution < 1.29 is 28.6 Å². The first kappa shape index (κ1) is 20.7. The van der Waals surface area contributed by atoms with Crippen molar-refractivity contribution >= 4 is 17.5 Å². The van der Waals surface area contributed by atoms with E-state index >= 15 is 4.39 Å². The van der Waals surface area contributed by atoms with Crippen LogP contribution < -0.4 is 0 Å². The number of halogens is 1. The molecule has 160 valence electrons. The number of rotatable bonds is 2. The molecule has 1 N–H and O–H groups in total. The van der Waals surface area contributed by atoms with Gasteiger partial charge in [0, 0.05) is 30.6 Å². The molecule has 29 heavy (non-hydrogen) atoms. The van der Waals surface area contributed by atoms with E-state index in [0.29, 0.717) is 38.5 Å². The zero-order chi connectivity index (χ0) is 21.4. The Labute approximate surface area is 171 Å². The Morgan fingerprint density at radius 3 is 2.48 bits per heavy atom. The first-order valence-corrected chi connectivity index (χ1v) is 10.7. The van der Waals surface area contributed by atoms with Crippen molar-refractivity contribution in [1.82, 2.24) is 0 Å². The van der Waals surface area contributed by atoms with Gasteiger partial charge in [-0.3, -0.25) is 14.4 Å². The molecule has 0 aliphatic heterocycles. The minimum atomic E-state index is -1.83. The van der Waals surface area contributed by atoms with Crippen molar-refractivity contribution in [3.05, 3.63) is 11.6 Å². The molecule has 0 radical (unpaired) electrons. The summed E-state index contributed by atoms with van der Waals surface area (Å²) in [5, 5.41) is 11.2. The van der Waals surface area contributed by atoms with Crippen LogP contribution in [0.15, 0.2) is 11.6 Å². The Hall–Kier alpha value is -1.56. The molecule has 5 nitrogen and oxygen atoms in total. The lowest BCUT2D eigenvalue weighted by Crippen LogP contribution is -2.70. The quantitative estimate of drug-likeness (QED) is 0.710. The van der Waals surface area contributed by atoms with Crippen LogP contribution >= 0.6 is 0 Å². The maximum Gasteiger partial charge on any atom is 0.303 e. The Bertz CT molecular complexity index is 820. The van der Waals surface area contributed by atoms with Crippen molar-refractivity contribution in [2.24, 2.45) is 22.7 Å². The highest BCUT2D eigenvalue weighted by atomic mass is 19.1. The summed E-state index contributed by atoms with van der Waals surface area (Å²) in [5.74, 6) is -1.66. The molecular formula is C23H31FO5. The van der Waals surface area contributed by atoms with Crippen molar-refractivity contribution in [3.8, 4) is 0 Å².